The Kier molecular flexibility index (Phi) is 6.18. The zero-order chi connectivity index (χ0) is 21.1. The Labute approximate surface area is 180 Å². The first kappa shape index (κ1) is 20.6. The molecule has 0 spiro atoms. The molecule has 3 amide bonds. The number of likely N-dealkylation sites (tertiary alicyclic amines) is 1. The Bertz CT molecular complexity index is 898. The van der Waals surface area contributed by atoms with Crippen LogP contribution in [0.25, 0.3) is 0 Å². The molecule has 2 N–H and O–H groups in total. The first-order chi connectivity index (χ1) is 14.5. The van der Waals surface area contributed by atoms with Crippen LogP contribution in [-0.2, 0) is 9.59 Å². The summed E-state index contributed by atoms with van der Waals surface area (Å²) in [5.41, 5.74) is 1.79. The number of carbonyl (C=O) groups excluding carboxylic acids is 3. The lowest BCUT2D eigenvalue weighted by Gasteiger charge is -2.31. The predicted molar refractivity (Wildman–Crippen MR) is 117 cm³/mol. The molecule has 2 aliphatic rings. The van der Waals surface area contributed by atoms with Gasteiger partial charge in [0.25, 0.3) is 5.91 Å². The van der Waals surface area contributed by atoms with Gasteiger partial charge in [-0.15, -0.1) is 11.3 Å². The second-order valence-electron chi connectivity index (χ2n) is 8.16. The summed E-state index contributed by atoms with van der Waals surface area (Å²) >= 11 is 1.45. The minimum atomic E-state index is -0.114. The van der Waals surface area contributed by atoms with Gasteiger partial charge in [-0.1, -0.05) is 18.2 Å². The number of amides is 3. The number of nitrogens with zero attached hydrogens (tertiary/aromatic N) is 1. The van der Waals surface area contributed by atoms with E-state index in [2.05, 4.69) is 10.6 Å². The Balaban J connectivity index is 1.25. The van der Waals surface area contributed by atoms with Crippen LogP contribution >= 0.6 is 11.3 Å². The third kappa shape index (κ3) is 4.90. The number of thiophene rings is 1. The number of benzene rings is 1. The molecule has 1 aliphatic carbocycles. The third-order valence-corrected chi connectivity index (χ3v) is 6.73. The lowest BCUT2D eigenvalue weighted by atomic mass is 9.95. The number of nitrogens with one attached hydrogen (secondary N) is 2. The standard InChI is InChI=1S/C23H27N3O3S/c1-15(16-6-8-19(9-7-16)25-22(28)17-4-5-17)24-21(27)18-10-12-26(13-11-18)23(29)20-3-2-14-30-20/h2-3,6-9,14-15,17-18H,4-5,10-13H2,1H3,(H,24,27)(H,25,28). The van der Waals surface area contributed by atoms with Crippen LogP contribution in [0.4, 0.5) is 5.69 Å². The van der Waals surface area contributed by atoms with Crippen LogP contribution < -0.4 is 10.6 Å². The Morgan fingerprint density at radius 1 is 0.967 bits per heavy atom. The maximum atomic E-state index is 12.7. The monoisotopic (exact) mass is 425 g/mol. The van der Waals surface area contributed by atoms with E-state index in [1.807, 2.05) is 53.6 Å². The van der Waals surface area contributed by atoms with Crippen LogP contribution in [0.1, 0.15) is 53.9 Å². The summed E-state index contributed by atoms with van der Waals surface area (Å²) in [6, 6.07) is 11.3. The van der Waals surface area contributed by atoms with Gasteiger partial charge in [-0.05, 0) is 61.7 Å². The highest BCUT2D eigenvalue weighted by molar-refractivity contribution is 7.12. The molecule has 1 saturated carbocycles. The van der Waals surface area contributed by atoms with Gasteiger partial charge in [-0.3, -0.25) is 14.4 Å². The van der Waals surface area contributed by atoms with E-state index in [4.69, 9.17) is 0 Å². The Hall–Kier alpha value is -2.67. The maximum Gasteiger partial charge on any atom is 0.263 e. The Morgan fingerprint density at radius 2 is 1.63 bits per heavy atom. The molecule has 4 rings (SSSR count). The van der Waals surface area contributed by atoms with E-state index < -0.39 is 0 Å². The number of anilines is 1. The van der Waals surface area contributed by atoms with Crippen molar-refractivity contribution in [3.05, 3.63) is 52.2 Å². The summed E-state index contributed by atoms with van der Waals surface area (Å²) in [4.78, 5) is 39.6. The quantitative estimate of drug-likeness (QED) is 0.738. The minimum absolute atomic E-state index is 0.0387. The smallest absolute Gasteiger partial charge is 0.263 e. The molecule has 0 radical (unpaired) electrons. The fourth-order valence-electron chi connectivity index (χ4n) is 3.76. The van der Waals surface area contributed by atoms with Crippen molar-refractivity contribution in [3.8, 4) is 0 Å². The largest absolute Gasteiger partial charge is 0.349 e. The van der Waals surface area contributed by atoms with Crippen LogP contribution in [0.5, 0.6) is 0 Å². The number of piperidine rings is 1. The SMILES string of the molecule is CC(NC(=O)C1CCN(C(=O)c2cccs2)CC1)c1ccc(NC(=O)C2CC2)cc1. The molecule has 2 heterocycles. The van der Waals surface area contributed by atoms with Gasteiger partial charge in [0.15, 0.2) is 0 Å². The highest BCUT2D eigenvalue weighted by Crippen LogP contribution is 2.30. The minimum Gasteiger partial charge on any atom is -0.349 e. The topological polar surface area (TPSA) is 78.5 Å². The van der Waals surface area contributed by atoms with Gasteiger partial charge < -0.3 is 15.5 Å². The van der Waals surface area contributed by atoms with E-state index in [0.29, 0.717) is 25.9 Å². The molecule has 7 heteroatoms. The fraction of sp³-hybridized carbons (Fsp3) is 0.435. The van der Waals surface area contributed by atoms with E-state index in [1.165, 1.54) is 11.3 Å². The van der Waals surface area contributed by atoms with E-state index in [1.54, 1.807) is 0 Å². The molecule has 0 bridgehead atoms. The molecule has 1 saturated heterocycles. The highest BCUT2D eigenvalue weighted by atomic mass is 32.1. The normalized spacial score (nSPS) is 18.0. The van der Waals surface area contributed by atoms with Crippen LogP contribution in [-0.4, -0.2) is 35.7 Å². The first-order valence-corrected chi connectivity index (χ1v) is 11.4. The highest BCUT2D eigenvalue weighted by Gasteiger charge is 2.30. The molecule has 1 aromatic carbocycles. The summed E-state index contributed by atoms with van der Waals surface area (Å²) in [6.45, 7) is 3.18. The van der Waals surface area contributed by atoms with Crippen molar-refractivity contribution in [2.24, 2.45) is 11.8 Å². The number of hydrogen-bond acceptors (Lipinski definition) is 4. The van der Waals surface area contributed by atoms with Crippen LogP contribution in [0.15, 0.2) is 41.8 Å². The average Bonchev–Trinajstić information content (AvgIpc) is 3.48. The summed E-state index contributed by atoms with van der Waals surface area (Å²) in [6.07, 6.45) is 3.33. The summed E-state index contributed by atoms with van der Waals surface area (Å²) in [7, 11) is 0. The van der Waals surface area contributed by atoms with Gasteiger partial charge >= 0.3 is 0 Å². The summed E-state index contributed by atoms with van der Waals surface area (Å²) < 4.78 is 0. The average molecular weight is 426 g/mol. The van der Waals surface area contributed by atoms with Gasteiger partial charge in [0.1, 0.15) is 0 Å². The van der Waals surface area contributed by atoms with Crippen molar-refractivity contribution in [3.63, 3.8) is 0 Å². The van der Waals surface area contributed by atoms with Gasteiger partial charge in [0.2, 0.25) is 11.8 Å². The molecular formula is C23H27N3O3S. The zero-order valence-electron chi connectivity index (χ0n) is 17.1. The van der Waals surface area contributed by atoms with Crippen molar-refractivity contribution >= 4 is 34.7 Å². The molecule has 2 fully saturated rings. The van der Waals surface area contributed by atoms with Crippen molar-refractivity contribution in [1.29, 1.82) is 0 Å². The van der Waals surface area contributed by atoms with Gasteiger partial charge in [0, 0.05) is 30.6 Å². The first-order valence-electron chi connectivity index (χ1n) is 10.6. The van der Waals surface area contributed by atoms with Crippen molar-refractivity contribution in [1.82, 2.24) is 10.2 Å². The van der Waals surface area contributed by atoms with Crippen molar-refractivity contribution in [2.45, 2.75) is 38.6 Å². The lowest BCUT2D eigenvalue weighted by molar-refractivity contribution is -0.127. The zero-order valence-corrected chi connectivity index (χ0v) is 17.9. The van der Waals surface area contributed by atoms with E-state index >= 15 is 0 Å². The number of carbonyl (C=O) groups is 3. The molecule has 1 aromatic heterocycles. The van der Waals surface area contributed by atoms with Crippen molar-refractivity contribution < 1.29 is 14.4 Å². The van der Waals surface area contributed by atoms with Crippen molar-refractivity contribution in [2.75, 3.05) is 18.4 Å². The second kappa shape index (κ2) is 9.00. The van der Waals surface area contributed by atoms with E-state index in [9.17, 15) is 14.4 Å². The van der Waals surface area contributed by atoms with E-state index in [-0.39, 0.29) is 35.6 Å². The third-order valence-electron chi connectivity index (χ3n) is 5.87. The molecule has 2 aromatic rings. The van der Waals surface area contributed by atoms with Gasteiger partial charge in [-0.2, -0.15) is 0 Å². The van der Waals surface area contributed by atoms with Gasteiger partial charge in [0.05, 0.1) is 10.9 Å². The molecule has 1 aliphatic heterocycles. The van der Waals surface area contributed by atoms with Crippen LogP contribution in [0.3, 0.4) is 0 Å². The van der Waals surface area contributed by atoms with Crippen LogP contribution in [0.2, 0.25) is 0 Å². The molecular weight excluding hydrogens is 398 g/mol. The van der Waals surface area contributed by atoms with E-state index in [0.717, 1.165) is 29.0 Å². The number of rotatable bonds is 6. The Morgan fingerprint density at radius 3 is 2.23 bits per heavy atom. The number of hydrogen-bond donors (Lipinski definition) is 2. The molecule has 1 unspecified atom stereocenters. The molecule has 6 nitrogen and oxygen atoms in total. The van der Waals surface area contributed by atoms with Gasteiger partial charge in [-0.25, -0.2) is 0 Å². The lowest BCUT2D eigenvalue weighted by Crippen LogP contribution is -2.43. The summed E-state index contributed by atoms with van der Waals surface area (Å²) in [5, 5.41) is 7.93. The molecule has 30 heavy (non-hydrogen) atoms. The fourth-order valence-corrected chi connectivity index (χ4v) is 4.45. The molecule has 1 atom stereocenters. The van der Waals surface area contributed by atoms with Crippen LogP contribution in [0, 0.1) is 11.8 Å². The second-order valence-corrected chi connectivity index (χ2v) is 9.11. The predicted octanol–water partition coefficient (Wildman–Crippen LogP) is 3.83. The molecule has 158 valence electrons. The summed E-state index contributed by atoms with van der Waals surface area (Å²) in [5.74, 6) is 0.294. The maximum absolute atomic E-state index is 12.7.